The third kappa shape index (κ3) is 6.56. The first-order chi connectivity index (χ1) is 21.2. The summed E-state index contributed by atoms with van der Waals surface area (Å²) in [6.45, 7) is 2.41. The summed E-state index contributed by atoms with van der Waals surface area (Å²) in [5.74, 6) is 2.01. The number of benzene rings is 3. The Hall–Kier alpha value is -4.40. The van der Waals surface area contributed by atoms with E-state index in [9.17, 15) is 13.2 Å². The van der Waals surface area contributed by atoms with Crippen molar-refractivity contribution in [2.45, 2.75) is 25.8 Å². The van der Waals surface area contributed by atoms with Crippen molar-refractivity contribution in [1.29, 1.82) is 0 Å². The maximum Gasteiger partial charge on any atom is 0.573 e. The molecule has 4 aromatic rings. The van der Waals surface area contributed by atoms with Gasteiger partial charge in [-0.3, -0.25) is 9.74 Å². The Morgan fingerprint density at radius 2 is 1.84 bits per heavy atom. The molecule has 1 unspecified atom stereocenters. The second-order valence-corrected chi connectivity index (χ2v) is 11.2. The van der Waals surface area contributed by atoms with Crippen molar-refractivity contribution in [2.75, 3.05) is 17.8 Å². The largest absolute Gasteiger partial charge is 0.573 e. The number of amidine groups is 1. The van der Waals surface area contributed by atoms with Crippen LogP contribution in [-0.4, -0.2) is 44.3 Å². The van der Waals surface area contributed by atoms with Crippen LogP contribution in [0.4, 0.5) is 18.9 Å². The molecule has 0 saturated carbocycles. The van der Waals surface area contributed by atoms with Crippen LogP contribution in [0.25, 0.3) is 17.1 Å². The number of allylic oxidation sites excluding steroid dienone is 1. The zero-order valence-electron chi connectivity index (χ0n) is 23.4. The monoisotopic (exact) mass is 638 g/mol. The molecular weight excluding hydrogens is 613 g/mol. The number of anilines is 1. The quantitative estimate of drug-likeness (QED) is 0.174. The van der Waals surface area contributed by atoms with Crippen molar-refractivity contribution in [3.05, 3.63) is 96.0 Å². The second kappa shape index (κ2) is 12.3. The van der Waals surface area contributed by atoms with Crippen LogP contribution in [0, 0.1) is 0 Å². The van der Waals surface area contributed by atoms with Gasteiger partial charge in [-0.25, -0.2) is 15.1 Å². The zero-order chi connectivity index (χ0) is 30.8. The lowest BCUT2D eigenvalue weighted by atomic mass is 9.94. The molecule has 1 atom stereocenters. The van der Waals surface area contributed by atoms with E-state index in [-0.39, 0.29) is 23.4 Å². The number of nitrogens with zero attached hydrogens (tertiary/aromatic N) is 5. The second-order valence-electron chi connectivity index (χ2n) is 9.84. The van der Waals surface area contributed by atoms with E-state index < -0.39 is 6.36 Å². The molecule has 1 N–H and O–H groups in total. The number of aliphatic imine (C=N–C) groups is 1. The summed E-state index contributed by atoms with van der Waals surface area (Å²) in [4.78, 5) is 16.7. The molecule has 2 aliphatic heterocycles. The maximum atomic E-state index is 12.4. The number of nitrogens with one attached hydrogen (secondary N) is 1. The number of fused-ring (bicyclic) bond motifs is 3. The van der Waals surface area contributed by atoms with Gasteiger partial charge in [0.15, 0.2) is 11.0 Å². The van der Waals surface area contributed by atoms with Crippen LogP contribution >= 0.6 is 24.0 Å². The lowest BCUT2D eigenvalue weighted by Crippen LogP contribution is -2.29. The number of alkyl halides is 3. The standard InChI is InChI=1S/C30H25F3N6O3S2/c1-18-13-22-16-44-29(39(22)26-14-24(40-2)11-12-25(18)26)35-28(43)37-41-15-19-3-5-20(6-4-19)27-34-17-38(36-27)21-7-9-23(10-8-21)42-30(31,32)33/h3-14,17-18H,15-16H2,1-2H3,(H,37,43). The minimum absolute atomic E-state index is 0.209. The molecule has 0 amide bonds. The van der Waals surface area contributed by atoms with Gasteiger partial charge in [-0.1, -0.05) is 55.1 Å². The normalized spacial score (nSPS) is 16.8. The van der Waals surface area contributed by atoms with Crippen molar-refractivity contribution in [2.24, 2.45) is 4.99 Å². The van der Waals surface area contributed by atoms with Gasteiger partial charge >= 0.3 is 6.36 Å². The third-order valence-corrected chi connectivity index (χ3v) is 8.02. The summed E-state index contributed by atoms with van der Waals surface area (Å²) in [6.07, 6.45) is -1.02. The highest BCUT2D eigenvalue weighted by molar-refractivity contribution is 8.14. The number of methoxy groups -OCH3 is 1. The van der Waals surface area contributed by atoms with Gasteiger partial charge in [-0.15, -0.1) is 18.3 Å². The number of thiocarbonyl (C=S) groups is 1. The fourth-order valence-corrected chi connectivity index (χ4v) is 6.03. The van der Waals surface area contributed by atoms with Gasteiger partial charge in [0.2, 0.25) is 5.11 Å². The number of halogens is 3. The van der Waals surface area contributed by atoms with Gasteiger partial charge in [0.1, 0.15) is 17.8 Å². The smallest absolute Gasteiger partial charge is 0.497 e. The minimum Gasteiger partial charge on any atom is -0.497 e. The molecule has 44 heavy (non-hydrogen) atoms. The molecule has 0 aliphatic carbocycles. The molecule has 0 radical (unpaired) electrons. The fraction of sp³-hybridized carbons (Fsp3) is 0.200. The molecule has 3 heterocycles. The molecule has 226 valence electrons. The van der Waals surface area contributed by atoms with E-state index in [1.165, 1.54) is 46.5 Å². The number of aromatic nitrogens is 3. The average molecular weight is 639 g/mol. The summed E-state index contributed by atoms with van der Waals surface area (Å²) in [5.41, 5.74) is 8.32. The van der Waals surface area contributed by atoms with Crippen LogP contribution in [0.3, 0.4) is 0 Å². The molecule has 9 nitrogen and oxygen atoms in total. The maximum absolute atomic E-state index is 12.4. The number of hydrogen-bond acceptors (Lipinski definition) is 7. The van der Waals surface area contributed by atoms with Gasteiger partial charge in [-0.2, -0.15) is 4.99 Å². The Morgan fingerprint density at radius 3 is 2.57 bits per heavy atom. The van der Waals surface area contributed by atoms with Crippen LogP contribution < -0.4 is 19.9 Å². The van der Waals surface area contributed by atoms with Crippen LogP contribution in [-0.2, 0) is 11.4 Å². The number of hydroxylamine groups is 1. The molecule has 0 spiro atoms. The Balaban J connectivity index is 1.05. The topological polar surface area (TPSA) is 86.0 Å². The van der Waals surface area contributed by atoms with Crippen LogP contribution in [0.5, 0.6) is 11.5 Å². The van der Waals surface area contributed by atoms with Gasteiger partial charge in [0, 0.05) is 29.0 Å². The molecule has 1 aromatic heterocycles. The molecule has 3 aromatic carbocycles. The molecule has 0 bridgehead atoms. The molecule has 2 aliphatic rings. The van der Waals surface area contributed by atoms with E-state index in [1.54, 1.807) is 18.9 Å². The number of hydrogen-bond donors (Lipinski definition) is 1. The van der Waals surface area contributed by atoms with E-state index in [0.29, 0.717) is 11.5 Å². The van der Waals surface area contributed by atoms with Gasteiger partial charge in [0.25, 0.3) is 0 Å². The molecule has 1 saturated heterocycles. The minimum atomic E-state index is -4.75. The Labute approximate surface area is 260 Å². The van der Waals surface area contributed by atoms with Crippen molar-refractivity contribution >= 4 is 39.9 Å². The average Bonchev–Trinajstić information content (AvgIpc) is 3.65. The Bertz CT molecular complexity index is 1740. The highest BCUT2D eigenvalue weighted by Crippen LogP contribution is 2.44. The van der Waals surface area contributed by atoms with Gasteiger partial charge < -0.3 is 9.47 Å². The lowest BCUT2D eigenvalue weighted by molar-refractivity contribution is -0.274. The first-order valence-electron chi connectivity index (χ1n) is 13.4. The van der Waals surface area contributed by atoms with E-state index in [0.717, 1.165) is 33.5 Å². The molecule has 6 rings (SSSR count). The van der Waals surface area contributed by atoms with E-state index >= 15 is 0 Å². The van der Waals surface area contributed by atoms with E-state index in [4.69, 9.17) is 21.8 Å². The highest BCUT2D eigenvalue weighted by atomic mass is 32.2. The third-order valence-electron chi connectivity index (χ3n) is 6.87. The number of thioether (sulfide) groups is 1. The summed E-state index contributed by atoms with van der Waals surface area (Å²) >= 11 is 7.06. The van der Waals surface area contributed by atoms with Crippen LogP contribution in [0.15, 0.2) is 89.8 Å². The fourth-order valence-electron chi connectivity index (χ4n) is 4.82. The molecule has 14 heteroatoms. The van der Waals surface area contributed by atoms with Crippen molar-refractivity contribution in [3.63, 3.8) is 0 Å². The number of ether oxygens (including phenoxy) is 2. The highest BCUT2D eigenvalue weighted by Gasteiger charge is 2.33. The van der Waals surface area contributed by atoms with Crippen LogP contribution in [0.1, 0.15) is 24.0 Å². The first kappa shape index (κ1) is 29.7. The van der Waals surface area contributed by atoms with Crippen molar-refractivity contribution in [3.8, 4) is 28.6 Å². The van der Waals surface area contributed by atoms with Gasteiger partial charge in [0.05, 0.1) is 25.1 Å². The van der Waals surface area contributed by atoms with E-state index in [2.05, 4.69) is 49.3 Å². The van der Waals surface area contributed by atoms with Crippen molar-refractivity contribution in [1.82, 2.24) is 20.2 Å². The SMILES string of the molecule is COc1ccc2c(c1)N1C(=CC2C)CSC1=NC(=S)NOCc1ccc(-c2ncn(-c3ccc(OC(F)(F)F)cc3)n2)cc1. The Morgan fingerprint density at radius 1 is 1.09 bits per heavy atom. The van der Waals surface area contributed by atoms with Crippen LogP contribution in [0.2, 0.25) is 0 Å². The summed E-state index contributed by atoms with van der Waals surface area (Å²) in [7, 11) is 1.65. The van der Waals surface area contributed by atoms with Gasteiger partial charge in [-0.05, 0) is 53.7 Å². The molecule has 1 fully saturated rings. The summed E-state index contributed by atoms with van der Waals surface area (Å²) in [6, 6.07) is 18.9. The number of rotatable bonds is 7. The summed E-state index contributed by atoms with van der Waals surface area (Å²) in [5, 5.41) is 5.40. The van der Waals surface area contributed by atoms with Crippen molar-refractivity contribution < 1.29 is 27.5 Å². The summed E-state index contributed by atoms with van der Waals surface area (Å²) < 4.78 is 48.0. The predicted octanol–water partition coefficient (Wildman–Crippen LogP) is 6.76. The first-order valence-corrected chi connectivity index (χ1v) is 14.8. The van der Waals surface area contributed by atoms with E-state index in [1.807, 2.05) is 36.4 Å². The predicted molar refractivity (Wildman–Crippen MR) is 166 cm³/mol. The molecular formula is C30H25F3N6O3S2. The zero-order valence-corrected chi connectivity index (χ0v) is 25.0. The Kier molecular flexibility index (Phi) is 8.29. The lowest BCUT2D eigenvalue weighted by Gasteiger charge is -2.30.